The summed E-state index contributed by atoms with van der Waals surface area (Å²) in [5.74, 6) is -1.08. The fourth-order valence-electron chi connectivity index (χ4n) is 2.63. The number of hydrogen-bond donors (Lipinski definition) is 0. The molecule has 0 aromatic heterocycles. The van der Waals surface area contributed by atoms with E-state index in [0.717, 1.165) is 16.7 Å². The number of para-hydroxylation sites is 1. The Balaban J connectivity index is 1.76. The average Bonchev–Trinajstić information content (AvgIpc) is 2.95. The van der Waals surface area contributed by atoms with E-state index in [2.05, 4.69) is 0 Å². The first-order valence-corrected chi connectivity index (χ1v) is 9.67. The topological polar surface area (TPSA) is 72.9 Å². The minimum absolute atomic E-state index is 0.146. The van der Waals surface area contributed by atoms with Crippen molar-refractivity contribution in [3.8, 4) is 5.75 Å². The highest BCUT2D eigenvalue weighted by Gasteiger charge is 2.36. The van der Waals surface area contributed by atoms with Crippen LogP contribution in [0.3, 0.4) is 0 Å². The first kappa shape index (κ1) is 20.6. The quantitative estimate of drug-likeness (QED) is 0.503. The van der Waals surface area contributed by atoms with E-state index >= 15 is 0 Å². The van der Waals surface area contributed by atoms with Crippen LogP contribution in [0.2, 0.25) is 0 Å². The Morgan fingerprint density at radius 2 is 1.97 bits per heavy atom. The number of halogens is 1. The van der Waals surface area contributed by atoms with Crippen LogP contribution in [0.4, 0.5) is 9.18 Å². The van der Waals surface area contributed by atoms with Crippen LogP contribution in [0.1, 0.15) is 18.1 Å². The van der Waals surface area contributed by atoms with Crippen molar-refractivity contribution in [2.45, 2.75) is 13.5 Å². The van der Waals surface area contributed by atoms with Gasteiger partial charge in [-0.05, 0) is 48.5 Å². The zero-order valence-electron chi connectivity index (χ0n) is 15.6. The molecule has 3 rings (SSSR count). The number of esters is 1. The Kier molecular flexibility index (Phi) is 6.66. The zero-order valence-corrected chi connectivity index (χ0v) is 16.4. The van der Waals surface area contributed by atoms with E-state index in [9.17, 15) is 18.8 Å². The summed E-state index contributed by atoms with van der Waals surface area (Å²) in [4.78, 5) is 37.3. The number of rotatable bonds is 7. The van der Waals surface area contributed by atoms with Crippen LogP contribution >= 0.6 is 11.8 Å². The summed E-state index contributed by atoms with van der Waals surface area (Å²) in [6.45, 7) is 1.54. The molecule has 0 atom stereocenters. The van der Waals surface area contributed by atoms with E-state index in [1.54, 1.807) is 43.3 Å². The molecule has 0 spiro atoms. The summed E-state index contributed by atoms with van der Waals surface area (Å²) in [5, 5.41) is -0.535. The predicted molar refractivity (Wildman–Crippen MR) is 106 cm³/mol. The molecule has 0 radical (unpaired) electrons. The summed E-state index contributed by atoms with van der Waals surface area (Å²) >= 11 is 0.747. The molecule has 0 bridgehead atoms. The van der Waals surface area contributed by atoms with Crippen LogP contribution in [-0.2, 0) is 20.9 Å². The molecular weight excluding hydrogens is 397 g/mol. The molecule has 1 aliphatic heterocycles. The number of carbonyl (C=O) groups is 3. The van der Waals surface area contributed by atoms with E-state index in [1.807, 2.05) is 0 Å². The lowest BCUT2D eigenvalue weighted by molar-refractivity contribution is -0.145. The second-order valence-corrected chi connectivity index (χ2v) is 7.02. The molecule has 1 fully saturated rings. The molecule has 6 nitrogen and oxygen atoms in total. The van der Waals surface area contributed by atoms with Crippen LogP contribution in [0, 0.1) is 5.82 Å². The second kappa shape index (κ2) is 9.38. The monoisotopic (exact) mass is 415 g/mol. The number of imide groups is 1. The fraction of sp³-hybridized carbons (Fsp3) is 0.190. The van der Waals surface area contributed by atoms with Crippen molar-refractivity contribution in [2.75, 3.05) is 13.2 Å². The molecule has 29 heavy (non-hydrogen) atoms. The summed E-state index contributed by atoms with van der Waals surface area (Å²) in [6, 6.07) is 13.1. The van der Waals surface area contributed by atoms with Gasteiger partial charge < -0.3 is 9.47 Å². The SMILES string of the molecule is CCOC(=O)CN1C(=O)S/C(=C\c2ccccc2OCc2cccc(F)c2)C1=O. The number of carbonyl (C=O) groups excluding carboxylic acids is 3. The largest absolute Gasteiger partial charge is 0.488 e. The van der Waals surface area contributed by atoms with Crippen molar-refractivity contribution < 1.29 is 28.2 Å². The van der Waals surface area contributed by atoms with Gasteiger partial charge in [0.15, 0.2) is 0 Å². The highest BCUT2D eigenvalue weighted by atomic mass is 32.2. The first-order valence-electron chi connectivity index (χ1n) is 8.85. The number of hydrogen-bond acceptors (Lipinski definition) is 6. The maximum Gasteiger partial charge on any atom is 0.326 e. The minimum Gasteiger partial charge on any atom is -0.488 e. The van der Waals surface area contributed by atoms with Crippen LogP contribution in [0.25, 0.3) is 6.08 Å². The maximum atomic E-state index is 13.3. The summed E-state index contributed by atoms with van der Waals surface area (Å²) < 4.78 is 23.9. The molecule has 0 saturated carbocycles. The van der Waals surface area contributed by atoms with E-state index in [-0.39, 0.29) is 23.9 Å². The molecule has 2 amide bonds. The fourth-order valence-corrected chi connectivity index (χ4v) is 3.46. The molecule has 2 aromatic rings. The van der Waals surface area contributed by atoms with Crippen LogP contribution in [0.15, 0.2) is 53.4 Å². The third-order valence-corrected chi connectivity index (χ3v) is 4.86. The number of ether oxygens (including phenoxy) is 2. The van der Waals surface area contributed by atoms with Gasteiger partial charge in [-0.25, -0.2) is 4.39 Å². The summed E-state index contributed by atoms with van der Waals surface area (Å²) in [7, 11) is 0. The van der Waals surface area contributed by atoms with Crippen LogP contribution < -0.4 is 4.74 Å². The number of nitrogens with zero attached hydrogens (tertiary/aromatic N) is 1. The van der Waals surface area contributed by atoms with E-state index < -0.39 is 23.7 Å². The molecular formula is C21H18FNO5S. The van der Waals surface area contributed by atoms with Gasteiger partial charge in [0.25, 0.3) is 11.1 Å². The highest BCUT2D eigenvalue weighted by molar-refractivity contribution is 8.18. The Hall–Kier alpha value is -3.13. The Labute approximate surface area is 171 Å². The summed E-state index contributed by atoms with van der Waals surface area (Å²) in [6.07, 6.45) is 1.54. The molecule has 1 aliphatic rings. The van der Waals surface area contributed by atoms with Crippen molar-refractivity contribution >= 4 is 35.0 Å². The highest BCUT2D eigenvalue weighted by Crippen LogP contribution is 2.34. The van der Waals surface area contributed by atoms with Crippen molar-refractivity contribution in [1.29, 1.82) is 0 Å². The standard InChI is InChI=1S/C21H18FNO5S/c1-2-27-19(24)12-23-20(25)18(29-21(23)26)11-15-7-3-4-9-17(15)28-13-14-6-5-8-16(22)10-14/h3-11H,2,12-13H2,1H3/b18-11-. The van der Waals surface area contributed by atoms with Gasteiger partial charge in [0.05, 0.1) is 11.5 Å². The van der Waals surface area contributed by atoms with Gasteiger partial charge >= 0.3 is 5.97 Å². The molecule has 8 heteroatoms. The lowest BCUT2D eigenvalue weighted by atomic mass is 10.1. The van der Waals surface area contributed by atoms with Crippen LogP contribution in [0.5, 0.6) is 5.75 Å². The van der Waals surface area contributed by atoms with Gasteiger partial charge in [-0.1, -0.05) is 30.3 Å². The average molecular weight is 415 g/mol. The number of amides is 2. The molecule has 0 N–H and O–H groups in total. The van der Waals surface area contributed by atoms with Crippen molar-refractivity contribution in [1.82, 2.24) is 4.90 Å². The molecule has 1 heterocycles. The Morgan fingerprint density at radius 3 is 2.72 bits per heavy atom. The Morgan fingerprint density at radius 1 is 1.17 bits per heavy atom. The third-order valence-electron chi connectivity index (χ3n) is 3.96. The van der Waals surface area contributed by atoms with Gasteiger partial charge in [0.2, 0.25) is 0 Å². The normalized spacial score (nSPS) is 15.1. The van der Waals surface area contributed by atoms with Crippen molar-refractivity contribution in [2.24, 2.45) is 0 Å². The molecule has 0 unspecified atom stereocenters. The van der Waals surface area contributed by atoms with Gasteiger partial charge in [0, 0.05) is 5.56 Å². The molecule has 2 aromatic carbocycles. The lowest BCUT2D eigenvalue weighted by Gasteiger charge is -2.11. The van der Waals surface area contributed by atoms with E-state index in [4.69, 9.17) is 9.47 Å². The smallest absolute Gasteiger partial charge is 0.326 e. The minimum atomic E-state index is -0.644. The predicted octanol–water partition coefficient (Wildman–Crippen LogP) is 4.00. The van der Waals surface area contributed by atoms with Gasteiger partial charge in [-0.3, -0.25) is 19.3 Å². The van der Waals surface area contributed by atoms with Gasteiger partial charge in [0.1, 0.15) is 24.7 Å². The van der Waals surface area contributed by atoms with Crippen LogP contribution in [-0.4, -0.2) is 35.2 Å². The van der Waals surface area contributed by atoms with Gasteiger partial charge in [-0.15, -0.1) is 0 Å². The molecule has 0 aliphatic carbocycles. The maximum absolute atomic E-state index is 13.3. The number of thioether (sulfide) groups is 1. The molecule has 150 valence electrons. The zero-order chi connectivity index (χ0) is 20.8. The Bertz CT molecular complexity index is 975. The van der Waals surface area contributed by atoms with Crippen molar-refractivity contribution in [3.05, 3.63) is 70.4 Å². The van der Waals surface area contributed by atoms with E-state index in [1.165, 1.54) is 18.2 Å². The van der Waals surface area contributed by atoms with Gasteiger partial charge in [-0.2, -0.15) is 0 Å². The first-order chi connectivity index (χ1) is 14.0. The summed E-state index contributed by atoms with van der Waals surface area (Å²) in [5.41, 5.74) is 1.25. The third kappa shape index (κ3) is 5.23. The second-order valence-electron chi connectivity index (χ2n) is 6.03. The molecule has 1 saturated heterocycles. The lowest BCUT2D eigenvalue weighted by Crippen LogP contribution is -2.34. The van der Waals surface area contributed by atoms with Crippen molar-refractivity contribution in [3.63, 3.8) is 0 Å². The number of benzene rings is 2. The van der Waals surface area contributed by atoms with E-state index in [0.29, 0.717) is 16.9 Å².